The van der Waals surface area contributed by atoms with E-state index in [1.54, 1.807) is 38.1 Å². The summed E-state index contributed by atoms with van der Waals surface area (Å²) in [4.78, 5) is 28.4. The fraction of sp³-hybridized carbons (Fsp3) is 0.375. The highest BCUT2D eigenvalue weighted by molar-refractivity contribution is 7.92. The van der Waals surface area contributed by atoms with Crippen LogP contribution in [0.5, 0.6) is 0 Å². The lowest BCUT2D eigenvalue weighted by Gasteiger charge is -2.32. The highest BCUT2D eigenvalue weighted by Gasteiger charge is 2.37. The van der Waals surface area contributed by atoms with Gasteiger partial charge in [0.2, 0.25) is 11.8 Å². The van der Waals surface area contributed by atoms with Crippen molar-refractivity contribution in [2.75, 3.05) is 10.8 Å². The zero-order valence-corrected chi connectivity index (χ0v) is 26.3. The number of nitrogens with one attached hydrogen (secondary N) is 1. The van der Waals surface area contributed by atoms with Crippen molar-refractivity contribution in [2.24, 2.45) is 0 Å². The summed E-state index contributed by atoms with van der Waals surface area (Å²) in [6.45, 7) is 4.33. The van der Waals surface area contributed by atoms with Crippen LogP contribution in [0.15, 0.2) is 71.6 Å². The van der Waals surface area contributed by atoms with E-state index in [4.69, 9.17) is 11.6 Å². The molecule has 3 aromatic carbocycles. The number of halogens is 4. The van der Waals surface area contributed by atoms with E-state index >= 15 is 0 Å². The van der Waals surface area contributed by atoms with E-state index in [1.165, 1.54) is 17.0 Å². The van der Waals surface area contributed by atoms with Crippen LogP contribution in [0.25, 0.3) is 0 Å². The number of amides is 2. The molecule has 44 heavy (non-hydrogen) atoms. The van der Waals surface area contributed by atoms with E-state index in [-0.39, 0.29) is 17.5 Å². The average Bonchev–Trinajstić information content (AvgIpc) is 3.48. The number of alkyl halides is 3. The molecule has 1 aliphatic carbocycles. The first-order chi connectivity index (χ1) is 20.7. The number of aryl methyl sites for hydroxylation is 2. The average molecular weight is 650 g/mol. The van der Waals surface area contributed by atoms with Crippen molar-refractivity contribution < 1.29 is 31.2 Å². The number of carbonyl (C=O) groups excluding carboxylic acids is 2. The SMILES string of the molecule is Cc1ccc(CN(C(=O)CN(c2ccc(Cl)c(C(F)(F)F)c2)S(=O)(=O)c2ccc(C)cc2)C(C)C(=O)NC2CCCC2)cc1. The Hall–Kier alpha value is -3.57. The maximum Gasteiger partial charge on any atom is 0.417 e. The standard InChI is InChI=1S/C32H35ClF3N3O4S/c1-21-8-12-24(13-9-21)19-38(23(3)31(41)37-25-6-4-5-7-25)30(40)20-39(44(42,43)27-15-10-22(2)11-16-27)26-14-17-29(33)28(18-26)32(34,35)36/h8-18,23,25H,4-7,19-20H2,1-3H3,(H,37,41). The molecule has 7 nitrogen and oxygen atoms in total. The van der Waals surface area contributed by atoms with Crippen molar-refractivity contribution in [3.63, 3.8) is 0 Å². The number of hydrogen-bond acceptors (Lipinski definition) is 4. The molecule has 1 saturated carbocycles. The Kier molecular flexibility index (Phi) is 10.3. The van der Waals surface area contributed by atoms with Crippen LogP contribution in [0.4, 0.5) is 18.9 Å². The Morgan fingerprint density at radius 2 is 1.52 bits per heavy atom. The van der Waals surface area contributed by atoms with Crippen LogP contribution < -0.4 is 9.62 Å². The van der Waals surface area contributed by atoms with E-state index in [0.29, 0.717) is 15.9 Å². The third kappa shape index (κ3) is 7.92. The van der Waals surface area contributed by atoms with Crippen molar-refractivity contribution in [1.82, 2.24) is 10.2 Å². The summed E-state index contributed by atoms with van der Waals surface area (Å²) in [5.41, 5.74) is 0.812. The summed E-state index contributed by atoms with van der Waals surface area (Å²) < 4.78 is 69.9. The van der Waals surface area contributed by atoms with Crippen LogP contribution in [0, 0.1) is 13.8 Å². The van der Waals surface area contributed by atoms with Gasteiger partial charge in [0.1, 0.15) is 12.6 Å². The van der Waals surface area contributed by atoms with Crippen molar-refractivity contribution >= 4 is 39.1 Å². The van der Waals surface area contributed by atoms with Gasteiger partial charge in [0.15, 0.2) is 0 Å². The lowest BCUT2D eigenvalue weighted by Crippen LogP contribution is -2.52. The lowest BCUT2D eigenvalue weighted by atomic mass is 10.1. The van der Waals surface area contributed by atoms with Crippen LogP contribution in [0.3, 0.4) is 0 Å². The molecule has 0 aromatic heterocycles. The van der Waals surface area contributed by atoms with Gasteiger partial charge in [-0.25, -0.2) is 8.42 Å². The third-order valence-corrected chi connectivity index (χ3v) is 9.89. The fourth-order valence-corrected chi connectivity index (χ4v) is 6.75. The van der Waals surface area contributed by atoms with Gasteiger partial charge in [-0.3, -0.25) is 13.9 Å². The number of sulfonamides is 1. The van der Waals surface area contributed by atoms with Gasteiger partial charge in [0, 0.05) is 12.6 Å². The molecule has 1 unspecified atom stereocenters. The first-order valence-electron chi connectivity index (χ1n) is 14.3. The highest BCUT2D eigenvalue weighted by Crippen LogP contribution is 2.38. The molecule has 3 aromatic rings. The first kappa shape index (κ1) is 33.3. The minimum absolute atomic E-state index is 0.0189. The predicted octanol–water partition coefficient (Wildman–Crippen LogP) is 6.65. The number of hydrogen-bond donors (Lipinski definition) is 1. The molecule has 0 heterocycles. The zero-order valence-electron chi connectivity index (χ0n) is 24.7. The molecule has 1 aliphatic rings. The Morgan fingerprint density at radius 1 is 0.955 bits per heavy atom. The van der Waals surface area contributed by atoms with Gasteiger partial charge < -0.3 is 10.2 Å². The van der Waals surface area contributed by atoms with E-state index < -0.39 is 56.9 Å². The van der Waals surface area contributed by atoms with Crippen LogP contribution in [0.2, 0.25) is 5.02 Å². The summed E-state index contributed by atoms with van der Waals surface area (Å²) in [5.74, 6) is -1.16. The van der Waals surface area contributed by atoms with Gasteiger partial charge in [-0.05, 0) is 69.5 Å². The normalized spacial score (nSPS) is 14.7. The Labute approximate surface area is 261 Å². The zero-order chi connectivity index (χ0) is 32.2. The summed E-state index contributed by atoms with van der Waals surface area (Å²) in [6, 6.07) is 14.7. The fourth-order valence-electron chi connectivity index (χ4n) is 5.12. The summed E-state index contributed by atoms with van der Waals surface area (Å²) in [7, 11) is -4.54. The molecule has 1 atom stereocenters. The minimum atomic E-state index is -4.87. The van der Waals surface area contributed by atoms with Gasteiger partial charge in [-0.15, -0.1) is 0 Å². The molecule has 1 N–H and O–H groups in total. The third-order valence-electron chi connectivity index (χ3n) is 7.77. The monoisotopic (exact) mass is 649 g/mol. The number of rotatable bonds is 10. The van der Waals surface area contributed by atoms with Gasteiger partial charge in [0.05, 0.1) is 21.2 Å². The molecule has 0 radical (unpaired) electrons. The molecule has 0 aliphatic heterocycles. The lowest BCUT2D eigenvalue weighted by molar-refractivity contribution is -0.139. The predicted molar refractivity (Wildman–Crippen MR) is 164 cm³/mol. The second-order valence-corrected chi connectivity index (χ2v) is 13.4. The van der Waals surface area contributed by atoms with Crippen molar-refractivity contribution in [3.05, 3.63) is 94.0 Å². The molecule has 0 bridgehead atoms. The number of nitrogens with zero attached hydrogens (tertiary/aromatic N) is 2. The van der Waals surface area contributed by atoms with Crippen LogP contribution in [0.1, 0.15) is 54.9 Å². The molecular formula is C32H35ClF3N3O4S. The van der Waals surface area contributed by atoms with E-state index in [1.807, 2.05) is 19.1 Å². The van der Waals surface area contributed by atoms with Crippen LogP contribution in [-0.2, 0) is 32.3 Å². The summed E-state index contributed by atoms with van der Waals surface area (Å²) in [5, 5.41) is 2.37. The van der Waals surface area contributed by atoms with Gasteiger partial charge in [-0.1, -0.05) is 72.0 Å². The number of benzene rings is 3. The summed E-state index contributed by atoms with van der Waals surface area (Å²) in [6.07, 6.45) is -1.26. The smallest absolute Gasteiger partial charge is 0.352 e. The Balaban J connectivity index is 1.75. The topological polar surface area (TPSA) is 86.8 Å². The van der Waals surface area contributed by atoms with E-state index in [0.717, 1.165) is 48.9 Å². The molecule has 236 valence electrons. The van der Waals surface area contributed by atoms with Gasteiger partial charge in [0.25, 0.3) is 10.0 Å². The van der Waals surface area contributed by atoms with Gasteiger partial charge >= 0.3 is 6.18 Å². The molecular weight excluding hydrogens is 615 g/mol. The number of carbonyl (C=O) groups is 2. The van der Waals surface area contributed by atoms with Crippen molar-refractivity contribution in [2.45, 2.75) is 76.2 Å². The molecule has 4 rings (SSSR count). The molecule has 0 spiro atoms. The number of anilines is 1. The molecule has 1 fully saturated rings. The minimum Gasteiger partial charge on any atom is -0.352 e. The molecule has 12 heteroatoms. The van der Waals surface area contributed by atoms with Crippen LogP contribution >= 0.6 is 11.6 Å². The Bertz CT molecular complexity index is 1590. The maximum absolute atomic E-state index is 14.1. The molecule has 0 saturated heterocycles. The van der Waals surface area contributed by atoms with Crippen molar-refractivity contribution in [3.8, 4) is 0 Å². The molecule has 2 amide bonds. The Morgan fingerprint density at radius 3 is 2.09 bits per heavy atom. The first-order valence-corrected chi connectivity index (χ1v) is 16.1. The van der Waals surface area contributed by atoms with E-state index in [9.17, 15) is 31.2 Å². The van der Waals surface area contributed by atoms with Crippen LogP contribution in [-0.4, -0.2) is 43.8 Å². The van der Waals surface area contributed by atoms with Crippen molar-refractivity contribution in [1.29, 1.82) is 0 Å². The maximum atomic E-state index is 14.1. The quantitative estimate of drug-likeness (QED) is 0.267. The summed E-state index contributed by atoms with van der Waals surface area (Å²) >= 11 is 5.83. The second-order valence-electron chi connectivity index (χ2n) is 11.2. The second kappa shape index (κ2) is 13.6. The largest absolute Gasteiger partial charge is 0.417 e. The highest BCUT2D eigenvalue weighted by atomic mass is 35.5. The van der Waals surface area contributed by atoms with E-state index in [2.05, 4.69) is 5.32 Å². The van der Waals surface area contributed by atoms with Gasteiger partial charge in [-0.2, -0.15) is 13.2 Å².